The van der Waals surface area contributed by atoms with Crippen molar-refractivity contribution in [3.05, 3.63) is 60.7 Å². The van der Waals surface area contributed by atoms with Crippen LogP contribution < -0.4 is 10.4 Å². The second-order valence-electron chi connectivity index (χ2n) is 13.2. The molecule has 0 aromatic heterocycles. The Bertz CT molecular complexity index is 1010. The first-order valence-electron chi connectivity index (χ1n) is 15.0. The van der Waals surface area contributed by atoms with E-state index in [-0.39, 0.29) is 23.4 Å². The standard InChI is InChI=1S/C33H48O5Si/c1-31(2,3)39(29-15-9-6-10-16-29,30-17-11-7-12-18-30)35-22-19-26-23-27(24-28-25-34-32(4,5)36-28)38-33(37-26)20-13-8-14-21-33/h6-7,9-12,15-18,26-28H,8,13-14,19-25H2,1-5H3/t26-,27-,28-/m0/s1. The van der Waals surface area contributed by atoms with Crippen LogP contribution in [0.3, 0.4) is 0 Å². The van der Waals surface area contributed by atoms with Crippen molar-refractivity contribution < 1.29 is 23.4 Å². The topological polar surface area (TPSA) is 46.2 Å². The highest BCUT2D eigenvalue weighted by Gasteiger charge is 2.51. The lowest BCUT2D eigenvalue weighted by Crippen LogP contribution is -2.66. The predicted molar refractivity (Wildman–Crippen MR) is 158 cm³/mol. The van der Waals surface area contributed by atoms with E-state index in [9.17, 15) is 0 Å². The molecule has 2 heterocycles. The van der Waals surface area contributed by atoms with E-state index in [4.69, 9.17) is 23.4 Å². The Morgan fingerprint density at radius 1 is 0.795 bits per heavy atom. The lowest BCUT2D eigenvalue weighted by Gasteiger charge is -2.48. The van der Waals surface area contributed by atoms with Gasteiger partial charge in [0.1, 0.15) is 0 Å². The number of ether oxygens (including phenoxy) is 4. The van der Waals surface area contributed by atoms with Gasteiger partial charge in [0, 0.05) is 32.3 Å². The normalized spacial score (nSPS) is 27.1. The molecular weight excluding hydrogens is 504 g/mol. The van der Waals surface area contributed by atoms with E-state index in [0.29, 0.717) is 13.2 Å². The Morgan fingerprint density at radius 3 is 1.92 bits per heavy atom. The molecule has 39 heavy (non-hydrogen) atoms. The van der Waals surface area contributed by atoms with Crippen molar-refractivity contribution in [1.82, 2.24) is 0 Å². The van der Waals surface area contributed by atoms with Gasteiger partial charge in [0.25, 0.3) is 8.32 Å². The Morgan fingerprint density at radius 2 is 1.38 bits per heavy atom. The Labute approximate surface area is 236 Å². The number of benzene rings is 2. The molecule has 0 radical (unpaired) electrons. The molecule has 3 atom stereocenters. The molecule has 2 aliphatic heterocycles. The van der Waals surface area contributed by atoms with Gasteiger partial charge < -0.3 is 23.4 Å². The van der Waals surface area contributed by atoms with Gasteiger partial charge in [-0.1, -0.05) is 87.9 Å². The summed E-state index contributed by atoms with van der Waals surface area (Å²) in [6, 6.07) is 21.8. The van der Waals surface area contributed by atoms with Crippen LogP contribution in [-0.2, 0) is 23.4 Å². The van der Waals surface area contributed by atoms with Gasteiger partial charge in [-0.05, 0) is 48.5 Å². The van der Waals surface area contributed by atoms with Crippen LogP contribution in [0.5, 0.6) is 0 Å². The van der Waals surface area contributed by atoms with E-state index >= 15 is 0 Å². The molecule has 2 aromatic rings. The van der Waals surface area contributed by atoms with Crippen molar-refractivity contribution in [3.8, 4) is 0 Å². The molecule has 0 amide bonds. The van der Waals surface area contributed by atoms with Crippen LogP contribution in [-0.4, -0.2) is 51.4 Å². The van der Waals surface area contributed by atoms with Gasteiger partial charge in [-0.25, -0.2) is 0 Å². The highest BCUT2D eigenvalue weighted by Crippen LogP contribution is 2.42. The first-order chi connectivity index (χ1) is 18.6. The summed E-state index contributed by atoms with van der Waals surface area (Å²) >= 11 is 0. The molecule has 3 aliphatic rings. The van der Waals surface area contributed by atoms with Gasteiger partial charge in [-0.3, -0.25) is 0 Å². The van der Waals surface area contributed by atoms with Crippen LogP contribution in [0.25, 0.3) is 0 Å². The number of rotatable bonds is 8. The zero-order chi connectivity index (χ0) is 27.6. The van der Waals surface area contributed by atoms with E-state index in [0.717, 1.165) is 44.9 Å². The average molecular weight is 553 g/mol. The van der Waals surface area contributed by atoms with Crippen molar-refractivity contribution in [3.63, 3.8) is 0 Å². The third-order valence-electron chi connectivity index (χ3n) is 8.67. The third-order valence-corrected chi connectivity index (χ3v) is 13.7. The van der Waals surface area contributed by atoms with E-state index in [1.807, 2.05) is 13.8 Å². The minimum atomic E-state index is -2.57. The first-order valence-corrected chi connectivity index (χ1v) is 16.9. The fourth-order valence-corrected chi connectivity index (χ4v) is 11.5. The van der Waals surface area contributed by atoms with Crippen molar-refractivity contribution >= 4 is 18.7 Å². The van der Waals surface area contributed by atoms with Crippen LogP contribution in [0.15, 0.2) is 60.7 Å². The summed E-state index contributed by atoms with van der Waals surface area (Å²) in [5, 5.41) is 2.60. The van der Waals surface area contributed by atoms with Crippen LogP contribution in [0.2, 0.25) is 5.04 Å². The molecule has 6 heteroatoms. The van der Waals surface area contributed by atoms with E-state index in [2.05, 4.69) is 81.4 Å². The molecule has 2 saturated heterocycles. The fourth-order valence-electron chi connectivity index (χ4n) is 6.95. The maximum Gasteiger partial charge on any atom is 0.261 e. The van der Waals surface area contributed by atoms with Gasteiger partial charge in [0.05, 0.1) is 24.9 Å². The summed E-state index contributed by atoms with van der Waals surface area (Å²) in [6.07, 6.45) is 8.39. The van der Waals surface area contributed by atoms with Crippen molar-refractivity contribution in [2.75, 3.05) is 13.2 Å². The van der Waals surface area contributed by atoms with Crippen molar-refractivity contribution in [2.45, 2.75) is 121 Å². The Hall–Kier alpha value is -1.54. The summed E-state index contributed by atoms with van der Waals surface area (Å²) < 4.78 is 32.8. The maximum absolute atomic E-state index is 7.21. The molecular formula is C33H48O5Si. The van der Waals surface area contributed by atoms with Gasteiger partial charge in [-0.15, -0.1) is 0 Å². The van der Waals surface area contributed by atoms with Gasteiger partial charge in [0.2, 0.25) is 0 Å². The second kappa shape index (κ2) is 11.7. The Balaban J connectivity index is 1.34. The van der Waals surface area contributed by atoms with Crippen molar-refractivity contribution in [2.24, 2.45) is 0 Å². The first kappa shape index (κ1) is 29.0. The van der Waals surface area contributed by atoms with E-state index in [1.165, 1.54) is 16.8 Å². The predicted octanol–water partition coefficient (Wildman–Crippen LogP) is 6.33. The third kappa shape index (κ3) is 6.52. The number of hydrogen-bond donors (Lipinski definition) is 0. The molecule has 214 valence electrons. The SMILES string of the molecule is CC1(C)OC[C@H](C[C@@H]2C[C@H](CCO[Si](c3ccccc3)(c3ccccc3)C(C)(C)C)OC3(CCCCC3)O2)O1. The van der Waals surface area contributed by atoms with E-state index < -0.39 is 19.9 Å². The molecule has 0 bridgehead atoms. The average Bonchev–Trinajstić information content (AvgIpc) is 3.25. The quantitative estimate of drug-likeness (QED) is 0.358. The lowest BCUT2D eigenvalue weighted by molar-refractivity contribution is -0.332. The largest absolute Gasteiger partial charge is 0.407 e. The van der Waals surface area contributed by atoms with Crippen LogP contribution in [0.1, 0.15) is 86.0 Å². The molecule has 0 N–H and O–H groups in total. The van der Waals surface area contributed by atoms with Gasteiger partial charge >= 0.3 is 0 Å². The summed E-state index contributed by atoms with van der Waals surface area (Å²) in [6.45, 7) is 12.3. The zero-order valence-corrected chi connectivity index (χ0v) is 25.6. The van der Waals surface area contributed by atoms with Crippen LogP contribution in [0, 0.1) is 0 Å². The van der Waals surface area contributed by atoms with Gasteiger partial charge in [0.15, 0.2) is 11.6 Å². The second-order valence-corrected chi connectivity index (χ2v) is 17.5. The van der Waals surface area contributed by atoms with Gasteiger partial charge in [-0.2, -0.15) is 0 Å². The smallest absolute Gasteiger partial charge is 0.261 e. The molecule has 2 aromatic carbocycles. The zero-order valence-electron chi connectivity index (χ0n) is 24.6. The molecule has 5 nitrogen and oxygen atoms in total. The Kier molecular flexibility index (Phi) is 8.73. The minimum absolute atomic E-state index is 0.0357. The highest BCUT2D eigenvalue weighted by molar-refractivity contribution is 6.99. The highest BCUT2D eigenvalue weighted by atomic mass is 28.4. The van der Waals surface area contributed by atoms with Crippen molar-refractivity contribution in [1.29, 1.82) is 0 Å². The van der Waals surface area contributed by atoms with E-state index in [1.54, 1.807) is 0 Å². The minimum Gasteiger partial charge on any atom is -0.407 e. The molecule has 5 rings (SSSR count). The molecule has 1 spiro atoms. The van der Waals surface area contributed by atoms with Crippen LogP contribution in [0.4, 0.5) is 0 Å². The van der Waals surface area contributed by atoms with Crippen LogP contribution >= 0.6 is 0 Å². The maximum atomic E-state index is 7.21. The number of hydrogen-bond acceptors (Lipinski definition) is 5. The molecule has 1 aliphatic carbocycles. The summed E-state index contributed by atoms with van der Waals surface area (Å²) in [4.78, 5) is 0. The molecule has 0 unspecified atom stereocenters. The summed E-state index contributed by atoms with van der Waals surface area (Å²) in [5.74, 6) is -0.973. The monoisotopic (exact) mass is 552 g/mol. The lowest BCUT2D eigenvalue weighted by atomic mass is 9.91. The summed E-state index contributed by atoms with van der Waals surface area (Å²) in [5.41, 5.74) is 0. The summed E-state index contributed by atoms with van der Waals surface area (Å²) in [7, 11) is -2.57. The fraction of sp³-hybridized carbons (Fsp3) is 0.636. The molecule has 3 fully saturated rings. The molecule has 1 saturated carbocycles.